The third kappa shape index (κ3) is 38.3. The van der Waals surface area contributed by atoms with Crippen LogP contribution in [0, 0.1) is 0 Å². The van der Waals surface area contributed by atoms with Crippen LogP contribution in [0.3, 0.4) is 0 Å². The predicted octanol–water partition coefficient (Wildman–Crippen LogP) is 12.6. The molecular formula is C49H86NO7+. The molecule has 0 aliphatic carbocycles. The van der Waals surface area contributed by atoms with Crippen molar-refractivity contribution in [2.75, 3.05) is 41.0 Å². The van der Waals surface area contributed by atoms with Crippen molar-refractivity contribution in [3.05, 3.63) is 60.8 Å². The van der Waals surface area contributed by atoms with E-state index >= 15 is 0 Å². The van der Waals surface area contributed by atoms with Crippen molar-refractivity contribution in [3.63, 3.8) is 0 Å². The maximum atomic E-state index is 12.7. The number of rotatable bonds is 40. The Morgan fingerprint density at radius 3 is 1.53 bits per heavy atom. The zero-order chi connectivity index (χ0) is 42.1. The normalized spacial score (nSPS) is 13.5. The molecule has 0 amide bonds. The second kappa shape index (κ2) is 39.8. The number of quaternary nitrogens is 1. The highest BCUT2D eigenvalue weighted by Crippen LogP contribution is 2.14. The third-order valence-corrected chi connectivity index (χ3v) is 10.00. The fourth-order valence-corrected chi connectivity index (χ4v) is 6.45. The van der Waals surface area contributed by atoms with E-state index in [2.05, 4.69) is 38.2 Å². The Labute approximate surface area is 349 Å². The van der Waals surface area contributed by atoms with Crippen molar-refractivity contribution in [1.82, 2.24) is 0 Å². The molecule has 328 valence electrons. The molecule has 2 atom stereocenters. The summed E-state index contributed by atoms with van der Waals surface area (Å²) in [5.41, 5.74) is 0. The number of aliphatic carboxylic acids is 1. The summed E-state index contributed by atoms with van der Waals surface area (Å²) >= 11 is 0. The molecule has 0 aromatic rings. The van der Waals surface area contributed by atoms with Crippen molar-refractivity contribution in [1.29, 1.82) is 0 Å². The van der Waals surface area contributed by atoms with E-state index in [0.29, 0.717) is 19.3 Å². The maximum absolute atomic E-state index is 12.7. The molecule has 0 radical (unpaired) electrons. The van der Waals surface area contributed by atoms with Crippen LogP contribution in [-0.2, 0) is 28.6 Å². The van der Waals surface area contributed by atoms with Gasteiger partial charge < -0.3 is 23.8 Å². The fourth-order valence-electron chi connectivity index (χ4n) is 6.45. The largest absolute Gasteiger partial charge is 0.477 e. The van der Waals surface area contributed by atoms with Crippen molar-refractivity contribution >= 4 is 17.9 Å². The van der Waals surface area contributed by atoms with Crippen LogP contribution in [0.2, 0.25) is 0 Å². The van der Waals surface area contributed by atoms with Crippen molar-refractivity contribution in [3.8, 4) is 0 Å². The van der Waals surface area contributed by atoms with Crippen molar-refractivity contribution < 1.29 is 38.2 Å². The molecule has 0 rings (SSSR count). The molecule has 0 saturated heterocycles. The molecule has 0 aromatic heterocycles. The number of carbonyl (C=O) groups excluding carboxylic acids is 2. The van der Waals surface area contributed by atoms with Gasteiger partial charge in [0.25, 0.3) is 0 Å². The summed E-state index contributed by atoms with van der Waals surface area (Å²) in [6.45, 7) is 4.55. The summed E-state index contributed by atoms with van der Waals surface area (Å²) in [6.07, 6.45) is 48.4. The number of esters is 2. The van der Waals surface area contributed by atoms with Gasteiger partial charge in [0.15, 0.2) is 12.1 Å². The minimum absolute atomic E-state index is 0.0446. The van der Waals surface area contributed by atoms with Gasteiger partial charge in [0, 0.05) is 19.3 Å². The number of ether oxygens (including phenoxy) is 3. The van der Waals surface area contributed by atoms with Crippen LogP contribution in [0.4, 0.5) is 0 Å². The molecule has 57 heavy (non-hydrogen) atoms. The second-order valence-corrected chi connectivity index (χ2v) is 16.4. The Kier molecular flexibility index (Phi) is 37.8. The summed E-state index contributed by atoms with van der Waals surface area (Å²) in [6, 6.07) is -0.623. The quantitative estimate of drug-likeness (QED) is 0.0217. The molecule has 8 nitrogen and oxygen atoms in total. The number of unbranched alkanes of at least 4 members (excludes halogenated alkanes) is 19. The van der Waals surface area contributed by atoms with Crippen LogP contribution in [0.5, 0.6) is 0 Å². The number of carboxylic acid groups (broad SMARTS) is 1. The minimum Gasteiger partial charge on any atom is -0.477 e. The molecule has 0 aliphatic rings. The lowest BCUT2D eigenvalue weighted by Crippen LogP contribution is -2.50. The summed E-state index contributed by atoms with van der Waals surface area (Å²) in [7, 11) is 5.51. The average molecular weight is 801 g/mol. The smallest absolute Gasteiger partial charge is 0.362 e. The first-order chi connectivity index (χ1) is 27.6. The van der Waals surface area contributed by atoms with Gasteiger partial charge in [0.2, 0.25) is 0 Å². The van der Waals surface area contributed by atoms with Gasteiger partial charge in [0.05, 0.1) is 34.4 Å². The van der Waals surface area contributed by atoms with Gasteiger partial charge in [-0.1, -0.05) is 164 Å². The van der Waals surface area contributed by atoms with E-state index in [1.165, 1.54) is 96.3 Å². The minimum atomic E-state index is -0.883. The second-order valence-electron chi connectivity index (χ2n) is 16.4. The molecule has 1 N–H and O–H groups in total. The van der Waals surface area contributed by atoms with Crippen LogP contribution in [0.15, 0.2) is 60.8 Å². The van der Waals surface area contributed by atoms with E-state index < -0.39 is 18.1 Å². The van der Waals surface area contributed by atoms with E-state index in [4.69, 9.17) is 14.2 Å². The highest BCUT2D eigenvalue weighted by molar-refractivity contribution is 5.72. The summed E-state index contributed by atoms with van der Waals surface area (Å²) in [4.78, 5) is 37.0. The molecule has 0 saturated carbocycles. The van der Waals surface area contributed by atoms with E-state index in [9.17, 15) is 19.5 Å². The van der Waals surface area contributed by atoms with Gasteiger partial charge in [-0.15, -0.1) is 0 Å². The number of carbonyl (C=O) groups is 3. The Hall–Kier alpha value is -2.97. The van der Waals surface area contributed by atoms with Gasteiger partial charge in [-0.25, -0.2) is 4.79 Å². The van der Waals surface area contributed by atoms with E-state index in [-0.39, 0.29) is 36.2 Å². The molecule has 0 fully saturated rings. The van der Waals surface area contributed by atoms with Crippen LogP contribution >= 0.6 is 0 Å². The van der Waals surface area contributed by atoms with Gasteiger partial charge in [-0.05, 0) is 57.8 Å². The highest BCUT2D eigenvalue weighted by atomic mass is 16.6. The highest BCUT2D eigenvalue weighted by Gasteiger charge is 2.31. The summed E-state index contributed by atoms with van der Waals surface area (Å²) < 4.78 is 17.2. The molecule has 0 spiro atoms. The zero-order valence-electron chi connectivity index (χ0n) is 37.3. The van der Waals surface area contributed by atoms with Gasteiger partial charge in [-0.3, -0.25) is 9.59 Å². The van der Waals surface area contributed by atoms with E-state index in [0.717, 1.165) is 51.4 Å². The average Bonchev–Trinajstić information content (AvgIpc) is 3.17. The first-order valence-corrected chi connectivity index (χ1v) is 22.9. The monoisotopic (exact) mass is 801 g/mol. The standard InChI is InChI=1S/C49H85NO7/c1-6-8-10-12-14-16-18-20-21-22-23-24-25-26-28-30-32-34-36-38-40-48(52)57-45(43-55-42-41-46(49(53)54)50(3,4)5)44-56-47(51)39-37-35-33-31-29-27-19-17-15-13-11-9-7-2/h9,11,13,15,17,19,23-24,27,29,45-46H,6-8,10,12,14,16,18,20-22,25-26,28,30-44H2,1-5H3/p+1/b11-9+,15-13+,19-17+,24-23+,29-27+. The Bertz CT molecular complexity index is 1120. The van der Waals surface area contributed by atoms with Crippen LogP contribution in [0.1, 0.15) is 181 Å². The number of carboxylic acids is 1. The van der Waals surface area contributed by atoms with Gasteiger partial charge >= 0.3 is 17.9 Å². The number of hydrogen-bond donors (Lipinski definition) is 1. The number of likely N-dealkylation sites (N-methyl/N-ethyl adjacent to an activating group) is 1. The molecule has 2 unspecified atom stereocenters. The molecule has 0 bridgehead atoms. The number of hydrogen-bond acceptors (Lipinski definition) is 6. The summed E-state index contributed by atoms with van der Waals surface area (Å²) in [5.74, 6) is -1.53. The summed E-state index contributed by atoms with van der Waals surface area (Å²) in [5, 5.41) is 9.62. The Morgan fingerprint density at radius 2 is 1.00 bits per heavy atom. The van der Waals surface area contributed by atoms with Crippen LogP contribution in [-0.4, -0.2) is 80.6 Å². The number of allylic oxidation sites excluding steroid dienone is 10. The predicted molar refractivity (Wildman–Crippen MR) is 238 cm³/mol. The zero-order valence-corrected chi connectivity index (χ0v) is 37.3. The first kappa shape index (κ1) is 54.0. The Balaban J connectivity index is 4.34. The van der Waals surface area contributed by atoms with Gasteiger partial charge in [-0.2, -0.15) is 0 Å². The lowest BCUT2D eigenvalue weighted by molar-refractivity contribution is -0.887. The van der Waals surface area contributed by atoms with Gasteiger partial charge in [0.1, 0.15) is 6.61 Å². The molecule has 0 aromatic carbocycles. The molecular weight excluding hydrogens is 715 g/mol. The topological polar surface area (TPSA) is 99.1 Å². The molecule has 0 aliphatic heterocycles. The van der Waals surface area contributed by atoms with Crippen molar-refractivity contribution in [2.24, 2.45) is 0 Å². The Morgan fingerprint density at radius 1 is 0.544 bits per heavy atom. The lowest BCUT2D eigenvalue weighted by atomic mass is 10.1. The van der Waals surface area contributed by atoms with Crippen LogP contribution in [0.25, 0.3) is 0 Å². The molecule has 8 heteroatoms. The number of nitrogens with zero attached hydrogens (tertiary/aromatic N) is 1. The maximum Gasteiger partial charge on any atom is 0.362 e. The lowest BCUT2D eigenvalue weighted by Gasteiger charge is -2.31. The van der Waals surface area contributed by atoms with E-state index in [1.807, 2.05) is 57.6 Å². The third-order valence-electron chi connectivity index (χ3n) is 10.00. The fraction of sp³-hybridized carbons (Fsp3) is 0.735. The molecule has 0 heterocycles. The van der Waals surface area contributed by atoms with E-state index in [1.54, 1.807) is 0 Å². The van der Waals surface area contributed by atoms with Crippen molar-refractivity contribution in [2.45, 2.75) is 193 Å². The first-order valence-electron chi connectivity index (χ1n) is 22.9. The SMILES string of the molecule is CC/C=C/C=C/C=C/C=C/CCCCCC(=O)OCC(COCCC(C(=O)O)[N+](C)(C)C)OC(=O)CCCCCCCCC/C=C/CCCCCCCCCCC. The van der Waals surface area contributed by atoms with Crippen LogP contribution < -0.4 is 0 Å².